The zero-order valence-electron chi connectivity index (χ0n) is 11.0. The quantitative estimate of drug-likeness (QED) is 0.392. The number of nitrogens with zero attached hydrogens (tertiary/aromatic N) is 1. The van der Waals surface area contributed by atoms with Crippen LogP contribution < -0.4 is 10.5 Å². The van der Waals surface area contributed by atoms with Gasteiger partial charge in [0.25, 0.3) is 0 Å². The maximum Gasteiger partial charge on any atom is 0.180 e. The number of para-hydroxylation sites is 1. The number of hydrogen-bond donors (Lipinski definition) is 2. The molecular formula is C13H17BrN2O3. The number of ether oxygens (including phenoxy) is 1. The molecule has 0 bridgehead atoms. The van der Waals surface area contributed by atoms with Gasteiger partial charge in [-0.3, -0.25) is 0 Å². The SMILES string of the molecule is Br.Cc1oc2c(OC(C)C(N)=NO)cccc2c1C. The van der Waals surface area contributed by atoms with Crippen molar-refractivity contribution in [3.05, 3.63) is 29.5 Å². The molecule has 3 N–H and O–H groups in total. The van der Waals surface area contributed by atoms with Crippen LogP contribution in [-0.4, -0.2) is 17.1 Å². The topological polar surface area (TPSA) is 81.0 Å². The van der Waals surface area contributed by atoms with E-state index in [2.05, 4.69) is 5.16 Å². The van der Waals surface area contributed by atoms with E-state index in [0.717, 1.165) is 16.7 Å². The van der Waals surface area contributed by atoms with Crippen molar-refractivity contribution < 1.29 is 14.4 Å². The molecule has 0 saturated heterocycles. The van der Waals surface area contributed by atoms with Crippen molar-refractivity contribution in [3.8, 4) is 5.75 Å². The molecular weight excluding hydrogens is 312 g/mol. The number of halogens is 1. The second-order valence-corrected chi connectivity index (χ2v) is 4.20. The van der Waals surface area contributed by atoms with E-state index < -0.39 is 6.10 Å². The van der Waals surface area contributed by atoms with Crippen LogP contribution in [0.3, 0.4) is 0 Å². The van der Waals surface area contributed by atoms with Gasteiger partial charge in [0.05, 0.1) is 0 Å². The van der Waals surface area contributed by atoms with Crippen LogP contribution in [-0.2, 0) is 0 Å². The van der Waals surface area contributed by atoms with Crippen LogP contribution in [0.2, 0.25) is 0 Å². The normalized spacial score (nSPS) is 13.1. The first-order valence-electron chi connectivity index (χ1n) is 5.67. The summed E-state index contributed by atoms with van der Waals surface area (Å²) < 4.78 is 11.3. The number of fused-ring (bicyclic) bond motifs is 1. The summed E-state index contributed by atoms with van der Waals surface area (Å²) in [4.78, 5) is 0. The number of aryl methyl sites for hydroxylation is 2. The van der Waals surface area contributed by atoms with Gasteiger partial charge in [-0.05, 0) is 32.4 Å². The fraction of sp³-hybridized carbons (Fsp3) is 0.308. The standard InChI is InChI=1S/C13H16N2O3.BrH/c1-7-8(2)18-12-10(7)5-4-6-11(12)17-9(3)13(14)15-16;/h4-6,9,16H,1-3H3,(H2,14,15);1H. The highest BCUT2D eigenvalue weighted by atomic mass is 79.9. The average Bonchev–Trinajstić information content (AvgIpc) is 2.66. The van der Waals surface area contributed by atoms with E-state index in [1.807, 2.05) is 26.0 Å². The van der Waals surface area contributed by atoms with Gasteiger partial charge in [0.1, 0.15) is 5.76 Å². The predicted octanol–water partition coefficient (Wildman–Crippen LogP) is 3.14. The molecule has 1 aromatic carbocycles. The van der Waals surface area contributed by atoms with Crippen LogP contribution >= 0.6 is 17.0 Å². The Morgan fingerprint density at radius 3 is 2.74 bits per heavy atom. The number of nitrogens with two attached hydrogens (primary N) is 1. The van der Waals surface area contributed by atoms with Gasteiger partial charge in [-0.2, -0.15) is 0 Å². The number of furan rings is 1. The molecule has 2 aromatic rings. The Morgan fingerprint density at radius 2 is 2.11 bits per heavy atom. The molecule has 0 aliphatic rings. The molecule has 1 heterocycles. The molecule has 19 heavy (non-hydrogen) atoms. The number of hydrogen-bond acceptors (Lipinski definition) is 4. The first-order valence-corrected chi connectivity index (χ1v) is 5.67. The van der Waals surface area contributed by atoms with Gasteiger partial charge in [-0.15, -0.1) is 17.0 Å². The number of amidine groups is 1. The first-order chi connectivity index (χ1) is 8.54. The molecule has 0 aliphatic carbocycles. The zero-order valence-corrected chi connectivity index (χ0v) is 12.7. The van der Waals surface area contributed by atoms with Gasteiger partial charge in [0, 0.05) is 5.39 Å². The van der Waals surface area contributed by atoms with Crippen molar-refractivity contribution >= 4 is 33.8 Å². The molecule has 6 heteroatoms. The van der Waals surface area contributed by atoms with Crippen LogP contribution in [0.15, 0.2) is 27.8 Å². The Labute approximate surface area is 121 Å². The van der Waals surface area contributed by atoms with Crippen LogP contribution in [0, 0.1) is 13.8 Å². The smallest absolute Gasteiger partial charge is 0.180 e. The Morgan fingerprint density at radius 1 is 1.42 bits per heavy atom. The molecule has 1 atom stereocenters. The third kappa shape index (κ3) is 2.84. The summed E-state index contributed by atoms with van der Waals surface area (Å²) in [7, 11) is 0. The predicted molar refractivity (Wildman–Crippen MR) is 79.5 cm³/mol. The molecule has 1 aromatic heterocycles. The van der Waals surface area contributed by atoms with Gasteiger partial charge in [0.15, 0.2) is 23.3 Å². The number of benzene rings is 1. The summed E-state index contributed by atoms with van der Waals surface area (Å²) >= 11 is 0. The summed E-state index contributed by atoms with van der Waals surface area (Å²) in [6.07, 6.45) is -0.522. The zero-order chi connectivity index (χ0) is 13.3. The summed E-state index contributed by atoms with van der Waals surface area (Å²) in [6.45, 7) is 5.61. The second kappa shape index (κ2) is 5.97. The van der Waals surface area contributed by atoms with E-state index in [9.17, 15) is 0 Å². The lowest BCUT2D eigenvalue weighted by Crippen LogP contribution is -2.31. The molecule has 2 rings (SSSR count). The van der Waals surface area contributed by atoms with Gasteiger partial charge in [0.2, 0.25) is 0 Å². The molecule has 0 radical (unpaired) electrons. The highest BCUT2D eigenvalue weighted by Crippen LogP contribution is 2.32. The number of oxime groups is 1. The molecule has 0 spiro atoms. The van der Waals surface area contributed by atoms with Crippen LogP contribution in [0.1, 0.15) is 18.2 Å². The van der Waals surface area contributed by atoms with Crippen molar-refractivity contribution in [1.82, 2.24) is 0 Å². The summed E-state index contributed by atoms with van der Waals surface area (Å²) in [5, 5.41) is 12.5. The lowest BCUT2D eigenvalue weighted by atomic mass is 10.1. The maximum atomic E-state index is 8.60. The highest BCUT2D eigenvalue weighted by molar-refractivity contribution is 8.93. The van der Waals surface area contributed by atoms with Crippen molar-refractivity contribution in [3.63, 3.8) is 0 Å². The summed E-state index contributed by atoms with van der Waals surface area (Å²) in [5.74, 6) is 1.47. The molecule has 0 fully saturated rings. The lowest BCUT2D eigenvalue weighted by Gasteiger charge is -2.13. The summed E-state index contributed by atoms with van der Waals surface area (Å²) in [6, 6.07) is 5.66. The van der Waals surface area contributed by atoms with Gasteiger partial charge < -0.3 is 20.1 Å². The van der Waals surface area contributed by atoms with Crippen molar-refractivity contribution in [2.24, 2.45) is 10.9 Å². The molecule has 1 unspecified atom stereocenters. The third-order valence-corrected chi connectivity index (χ3v) is 3.00. The molecule has 104 valence electrons. The lowest BCUT2D eigenvalue weighted by molar-refractivity contribution is 0.265. The minimum absolute atomic E-state index is 0. The Kier molecular flexibility index (Phi) is 4.83. The van der Waals surface area contributed by atoms with Crippen LogP contribution in [0.5, 0.6) is 5.75 Å². The van der Waals surface area contributed by atoms with Crippen molar-refractivity contribution in [2.45, 2.75) is 26.9 Å². The van der Waals surface area contributed by atoms with E-state index in [0.29, 0.717) is 11.3 Å². The minimum atomic E-state index is -0.522. The maximum absolute atomic E-state index is 8.60. The Balaban J connectivity index is 0.00000180. The fourth-order valence-corrected chi connectivity index (χ4v) is 1.76. The van der Waals surface area contributed by atoms with Crippen molar-refractivity contribution in [2.75, 3.05) is 0 Å². The summed E-state index contributed by atoms with van der Waals surface area (Å²) in [5.41, 5.74) is 7.26. The van der Waals surface area contributed by atoms with E-state index in [4.69, 9.17) is 20.1 Å². The van der Waals surface area contributed by atoms with E-state index in [1.54, 1.807) is 13.0 Å². The Bertz CT molecular complexity index is 607. The van der Waals surface area contributed by atoms with E-state index >= 15 is 0 Å². The molecule has 5 nitrogen and oxygen atoms in total. The second-order valence-electron chi connectivity index (χ2n) is 4.20. The van der Waals surface area contributed by atoms with Crippen LogP contribution in [0.25, 0.3) is 11.0 Å². The molecule has 0 saturated carbocycles. The van der Waals surface area contributed by atoms with Crippen molar-refractivity contribution in [1.29, 1.82) is 0 Å². The Hall–Kier alpha value is -1.69. The van der Waals surface area contributed by atoms with Gasteiger partial charge in [-0.25, -0.2) is 0 Å². The molecule has 0 aliphatic heterocycles. The van der Waals surface area contributed by atoms with Crippen LogP contribution in [0.4, 0.5) is 0 Å². The first kappa shape index (κ1) is 15.4. The van der Waals surface area contributed by atoms with E-state index in [1.165, 1.54) is 0 Å². The van der Waals surface area contributed by atoms with Gasteiger partial charge in [-0.1, -0.05) is 17.3 Å². The monoisotopic (exact) mass is 328 g/mol. The highest BCUT2D eigenvalue weighted by Gasteiger charge is 2.15. The average molecular weight is 329 g/mol. The largest absolute Gasteiger partial charge is 0.479 e. The van der Waals surface area contributed by atoms with E-state index in [-0.39, 0.29) is 22.8 Å². The molecule has 0 amide bonds. The minimum Gasteiger partial charge on any atom is -0.479 e. The number of rotatable bonds is 3. The van der Waals surface area contributed by atoms with Gasteiger partial charge >= 0.3 is 0 Å². The fourth-order valence-electron chi connectivity index (χ4n) is 1.76. The third-order valence-electron chi connectivity index (χ3n) is 3.00.